The maximum atomic E-state index is 13.3. The van der Waals surface area contributed by atoms with Crippen molar-refractivity contribution in [3.05, 3.63) is 29.8 Å². The van der Waals surface area contributed by atoms with Gasteiger partial charge < -0.3 is 15.5 Å². The van der Waals surface area contributed by atoms with Gasteiger partial charge >= 0.3 is 0 Å². The summed E-state index contributed by atoms with van der Waals surface area (Å²) < 4.78 is 26.3. The zero-order chi connectivity index (χ0) is 16.1. The first-order valence-electron chi connectivity index (χ1n) is 8.59. The molecule has 0 unspecified atom stereocenters. The third-order valence-electron chi connectivity index (χ3n) is 4.83. The lowest BCUT2D eigenvalue weighted by molar-refractivity contribution is 0.235. The summed E-state index contributed by atoms with van der Waals surface area (Å²) in [4.78, 5) is 4.62. The van der Waals surface area contributed by atoms with E-state index in [4.69, 9.17) is 0 Å². The van der Waals surface area contributed by atoms with Crippen molar-refractivity contribution in [3.63, 3.8) is 0 Å². The average Bonchev–Trinajstić information content (AvgIpc) is 2.59. The number of nitrogens with one attached hydrogen (secondary N) is 2. The van der Waals surface area contributed by atoms with Crippen LogP contribution in [0.3, 0.4) is 0 Å². The van der Waals surface area contributed by atoms with Crippen LogP contribution < -0.4 is 15.5 Å². The van der Waals surface area contributed by atoms with E-state index in [0.29, 0.717) is 6.04 Å². The molecule has 2 fully saturated rings. The molecule has 4 nitrogen and oxygen atoms in total. The van der Waals surface area contributed by atoms with Gasteiger partial charge in [-0.3, -0.25) is 4.90 Å². The first-order chi connectivity index (χ1) is 11.2. The second kappa shape index (κ2) is 11.1. The van der Waals surface area contributed by atoms with Gasteiger partial charge in [0.15, 0.2) is 11.6 Å². The number of rotatable bonds is 5. The van der Waals surface area contributed by atoms with Crippen LogP contribution in [-0.4, -0.2) is 63.3 Å². The minimum atomic E-state index is -0.779. The Morgan fingerprint density at radius 2 is 1.68 bits per heavy atom. The molecule has 144 valence electrons. The molecule has 8 heteroatoms. The molecule has 0 aliphatic carbocycles. The van der Waals surface area contributed by atoms with Gasteiger partial charge in [0.1, 0.15) is 0 Å². The monoisotopic (exact) mass is 396 g/mol. The predicted molar refractivity (Wildman–Crippen MR) is 103 cm³/mol. The molecule has 0 spiro atoms. The van der Waals surface area contributed by atoms with E-state index >= 15 is 0 Å². The Hall–Kier alpha value is -0.660. The number of halogens is 4. The van der Waals surface area contributed by atoms with Crippen LogP contribution in [0, 0.1) is 11.6 Å². The van der Waals surface area contributed by atoms with E-state index in [-0.39, 0.29) is 24.8 Å². The summed E-state index contributed by atoms with van der Waals surface area (Å²) in [5, 5.41) is 7.00. The highest BCUT2D eigenvalue weighted by atomic mass is 35.5. The van der Waals surface area contributed by atoms with Crippen molar-refractivity contribution in [1.82, 2.24) is 15.5 Å². The number of hydrogen-bond acceptors (Lipinski definition) is 4. The molecule has 2 N–H and O–H groups in total. The molecule has 1 aromatic rings. The van der Waals surface area contributed by atoms with Gasteiger partial charge in [-0.25, -0.2) is 8.78 Å². The zero-order valence-corrected chi connectivity index (χ0v) is 16.0. The third kappa shape index (κ3) is 6.53. The quantitative estimate of drug-likeness (QED) is 0.798. The van der Waals surface area contributed by atoms with Crippen molar-refractivity contribution in [1.29, 1.82) is 0 Å². The number of anilines is 1. The molecule has 25 heavy (non-hydrogen) atoms. The molecule has 2 aliphatic rings. The summed E-state index contributed by atoms with van der Waals surface area (Å²) in [6.45, 7) is 8.35. The van der Waals surface area contributed by atoms with Crippen LogP contribution in [0.25, 0.3) is 0 Å². The van der Waals surface area contributed by atoms with E-state index < -0.39 is 11.6 Å². The number of benzene rings is 1. The molecule has 0 saturated carbocycles. The van der Waals surface area contributed by atoms with E-state index in [1.54, 1.807) is 6.07 Å². The third-order valence-corrected chi connectivity index (χ3v) is 4.83. The van der Waals surface area contributed by atoms with Crippen LogP contribution in [-0.2, 0) is 0 Å². The molecule has 2 heterocycles. The van der Waals surface area contributed by atoms with Crippen LogP contribution in [0.1, 0.15) is 12.8 Å². The number of hydrogen-bond donors (Lipinski definition) is 2. The summed E-state index contributed by atoms with van der Waals surface area (Å²) in [5.74, 6) is -1.54. The zero-order valence-electron chi connectivity index (χ0n) is 14.3. The molecule has 0 aromatic heterocycles. The lowest BCUT2D eigenvalue weighted by Gasteiger charge is -2.35. The van der Waals surface area contributed by atoms with Gasteiger partial charge in [-0.1, -0.05) is 0 Å². The fourth-order valence-electron chi connectivity index (χ4n) is 3.39. The normalized spacial score (nSPS) is 19.2. The second-order valence-corrected chi connectivity index (χ2v) is 6.41. The Kier molecular flexibility index (Phi) is 9.97. The maximum absolute atomic E-state index is 13.3. The molecule has 0 radical (unpaired) electrons. The van der Waals surface area contributed by atoms with E-state index in [1.165, 1.54) is 12.1 Å². The molecule has 3 rings (SSSR count). The SMILES string of the molecule is Cl.Cl.Fc1ccc(N2CCC(NCCN3CCNCC3)CC2)cc1F. The first-order valence-corrected chi connectivity index (χ1v) is 8.59. The summed E-state index contributed by atoms with van der Waals surface area (Å²) in [7, 11) is 0. The Balaban J connectivity index is 0.00000156. The highest BCUT2D eigenvalue weighted by Crippen LogP contribution is 2.22. The van der Waals surface area contributed by atoms with Crippen LogP contribution in [0.15, 0.2) is 18.2 Å². The Labute approximate surface area is 161 Å². The van der Waals surface area contributed by atoms with Gasteiger partial charge in [-0.2, -0.15) is 0 Å². The standard InChI is InChI=1S/C17H26F2N4.2ClH/c18-16-2-1-15(13-17(16)19)23-8-3-14(4-9-23)21-7-12-22-10-5-20-6-11-22;;/h1-2,13-14,20-21H,3-12H2;2*1H. The predicted octanol–water partition coefficient (Wildman–Crippen LogP) is 2.27. The molecule has 0 atom stereocenters. The van der Waals surface area contributed by atoms with Crippen molar-refractivity contribution in [3.8, 4) is 0 Å². The van der Waals surface area contributed by atoms with Gasteiger partial charge in [0.05, 0.1) is 0 Å². The number of piperazine rings is 1. The summed E-state index contributed by atoms with van der Waals surface area (Å²) in [6, 6.07) is 4.70. The minimum Gasteiger partial charge on any atom is -0.371 e. The van der Waals surface area contributed by atoms with Gasteiger partial charge in [-0.05, 0) is 25.0 Å². The van der Waals surface area contributed by atoms with Crippen molar-refractivity contribution in [2.24, 2.45) is 0 Å². The van der Waals surface area contributed by atoms with Crippen LogP contribution in [0.4, 0.5) is 14.5 Å². The van der Waals surface area contributed by atoms with Gasteiger partial charge in [0.25, 0.3) is 0 Å². The lowest BCUT2D eigenvalue weighted by Crippen LogP contribution is -2.48. The minimum absolute atomic E-state index is 0. The topological polar surface area (TPSA) is 30.5 Å². The number of piperidine rings is 1. The van der Waals surface area contributed by atoms with Crippen molar-refractivity contribution >= 4 is 30.5 Å². The fraction of sp³-hybridized carbons (Fsp3) is 0.647. The van der Waals surface area contributed by atoms with E-state index in [9.17, 15) is 8.78 Å². The maximum Gasteiger partial charge on any atom is 0.160 e. The van der Waals surface area contributed by atoms with Gasteiger partial charge in [-0.15, -0.1) is 24.8 Å². The fourth-order valence-corrected chi connectivity index (χ4v) is 3.39. The van der Waals surface area contributed by atoms with Crippen LogP contribution in [0.2, 0.25) is 0 Å². The first kappa shape index (κ1) is 22.4. The van der Waals surface area contributed by atoms with Crippen LogP contribution in [0.5, 0.6) is 0 Å². The second-order valence-electron chi connectivity index (χ2n) is 6.41. The Morgan fingerprint density at radius 1 is 1.00 bits per heavy atom. The van der Waals surface area contributed by atoms with Crippen molar-refractivity contribution < 1.29 is 8.78 Å². The van der Waals surface area contributed by atoms with Gasteiger partial charge in [0.2, 0.25) is 0 Å². The molecule has 2 aliphatic heterocycles. The lowest BCUT2D eigenvalue weighted by atomic mass is 10.0. The van der Waals surface area contributed by atoms with Crippen molar-refractivity contribution in [2.75, 3.05) is 57.3 Å². The van der Waals surface area contributed by atoms with E-state index in [1.807, 2.05) is 0 Å². The number of nitrogens with zero attached hydrogens (tertiary/aromatic N) is 2. The van der Waals surface area contributed by atoms with Gasteiger partial charge in [0, 0.05) is 70.2 Å². The molecule has 0 amide bonds. The highest BCUT2D eigenvalue weighted by molar-refractivity contribution is 5.85. The smallest absolute Gasteiger partial charge is 0.160 e. The Morgan fingerprint density at radius 3 is 2.32 bits per heavy atom. The molecule has 2 saturated heterocycles. The molecular weight excluding hydrogens is 369 g/mol. The average molecular weight is 397 g/mol. The van der Waals surface area contributed by atoms with Crippen LogP contribution >= 0.6 is 24.8 Å². The largest absolute Gasteiger partial charge is 0.371 e. The van der Waals surface area contributed by atoms with E-state index in [2.05, 4.69) is 20.4 Å². The van der Waals surface area contributed by atoms with E-state index in [0.717, 1.165) is 70.9 Å². The molecular formula is C17H28Cl2F2N4. The summed E-state index contributed by atoms with van der Waals surface area (Å²) >= 11 is 0. The summed E-state index contributed by atoms with van der Waals surface area (Å²) in [5.41, 5.74) is 0.781. The molecule has 0 bridgehead atoms. The Bertz CT molecular complexity index is 507. The highest BCUT2D eigenvalue weighted by Gasteiger charge is 2.20. The molecule has 1 aromatic carbocycles. The summed E-state index contributed by atoms with van der Waals surface area (Å²) in [6.07, 6.45) is 2.08. The van der Waals surface area contributed by atoms with Crippen molar-refractivity contribution in [2.45, 2.75) is 18.9 Å².